The summed E-state index contributed by atoms with van der Waals surface area (Å²) in [5, 5.41) is 7.41. The molecule has 0 aliphatic heterocycles. The average Bonchev–Trinajstić information content (AvgIpc) is 3.01. The Hall–Kier alpha value is -2.43. The first-order chi connectivity index (χ1) is 10.7. The van der Waals surface area contributed by atoms with Crippen molar-refractivity contribution in [1.29, 1.82) is 0 Å². The number of hydrogen-bond donors (Lipinski definition) is 1. The van der Waals surface area contributed by atoms with Crippen LogP contribution >= 0.6 is 11.8 Å². The van der Waals surface area contributed by atoms with E-state index in [9.17, 15) is 4.79 Å². The van der Waals surface area contributed by atoms with E-state index in [0.717, 1.165) is 0 Å². The van der Waals surface area contributed by atoms with Crippen LogP contribution in [0.15, 0.2) is 11.5 Å². The van der Waals surface area contributed by atoms with Gasteiger partial charge in [0, 0.05) is 7.05 Å². The maximum atomic E-state index is 11.3. The van der Waals surface area contributed by atoms with Crippen LogP contribution in [0.3, 0.4) is 0 Å². The maximum Gasteiger partial charge on any atom is 0.322 e. The number of aromatic nitrogens is 6. The molecule has 0 amide bonds. The fourth-order valence-corrected chi connectivity index (χ4v) is 1.99. The van der Waals surface area contributed by atoms with Crippen LogP contribution in [0, 0.1) is 0 Å². The number of esters is 1. The van der Waals surface area contributed by atoms with Crippen molar-refractivity contribution in [2.45, 2.75) is 12.1 Å². The van der Waals surface area contributed by atoms with Crippen molar-refractivity contribution < 1.29 is 14.3 Å². The molecule has 2 aromatic rings. The second-order valence-electron chi connectivity index (χ2n) is 3.76. The molecule has 2 aromatic heterocycles. The minimum absolute atomic E-state index is 0.139. The lowest BCUT2D eigenvalue weighted by Crippen LogP contribution is -2.09. The van der Waals surface area contributed by atoms with Crippen LogP contribution in [0.4, 0.5) is 5.95 Å². The fraction of sp³-hybridized carbons (Fsp3) is 0.455. The number of ether oxygens (including phenoxy) is 2. The number of methoxy groups -OCH3 is 1. The van der Waals surface area contributed by atoms with Crippen LogP contribution < -0.4 is 10.1 Å². The van der Waals surface area contributed by atoms with Crippen LogP contribution in [0.5, 0.6) is 6.01 Å². The molecule has 0 bridgehead atoms. The zero-order valence-corrected chi connectivity index (χ0v) is 13.1. The molecule has 0 spiro atoms. The number of nitrogens with one attached hydrogen (secondary N) is 1. The van der Waals surface area contributed by atoms with Gasteiger partial charge in [-0.15, -0.1) is 5.10 Å². The Bertz CT molecular complexity index is 626. The van der Waals surface area contributed by atoms with Crippen molar-refractivity contribution in [3.05, 3.63) is 6.33 Å². The van der Waals surface area contributed by atoms with Crippen molar-refractivity contribution in [3.8, 4) is 12.0 Å². The van der Waals surface area contributed by atoms with E-state index in [2.05, 4.69) is 30.4 Å². The zero-order chi connectivity index (χ0) is 15.9. The Morgan fingerprint density at radius 3 is 2.91 bits per heavy atom. The molecular weight excluding hydrogens is 310 g/mol. The molecule has 1 N–H and O–H groups in total. The second-order valence-corrected chi connectivity index (χ2v) is 4.70. The fourth-order valence-electron chi connectivity index (χ4n) is 1.39. The first-order valence-corrected chi connectivity index (χ1v) is 7.33. The lowest BCUT2D eigenvalue weighted by molar-refractivity contribution is -0.139. The van der Waals surface area contributed by atoms with Crippen LogP contribution in [0.1, 0.15) is 6.92 Å². The molecule has 0 aliphatic carbocycles. The number of rotatable bonds is 7. The Labute approximate surface area is 130 Å². The third-order valence-corrected chi connectivity index (χ3v) is 3.13. The van der Waals surface area contributed by atoms with Gasteiger partial charge < -0.3 is 14.8 Å². The van der Waals surface area contributed by atoms with Crippen molar-refractivity contribution >= 4 is 23.7 Å². The molecule has 10 nitrogen and oxygen atoms in total. The molecular formula is C11H15N7O3S. The molecule has 22 heavy (non-hydrogen) atoms. The van der Waals surface area contributed by atoms with E-state index in [4.69, 9.17) is 9.47 Å². The molecule has 2 rings (SSSR count). The molecule has 11 heteroatoms. The summed E-state index contributed by atoms with van der Waals surface area (Å²) in [6, 6.07) is 0.158. The highest BCUT2D eigenvalue weighted by molar-refractivity contribution is 7.99. The summed E-state index contributed by atoms with van der Waals surface area (Å²) in [5.74, 6) is 0.424. The van der Waals surface area contributed by atoms with Crippen LogP contribution in [-0.4, -0.2) is 62.2 Å². The van der Waals surface area contributed by atoms with Crippen molar-refractivity contribution in [2.24, 2.45) is 0 Å². The first kappa shape index (κ1) is 15.9. The van der Waals surface area contributed by atoms with Gasteiger partial charge in [-0.1, -0.05) is 11.8 Å². The Morgan fingerprint density at radius 2 is 2.23 bits per heavy atom. The predicted octanol–water partition coefficient (Wildman–Crippen LogP) is 0.158. The normalized spacial score (nSPS) is 10.3. The zero-order valence-electron chi connectivity index (χ0n) is 12.3. The van der Waals surface area contributed by atoms with Gasteiger partial charge >= 0.3 is 12.0 Å². The molecule has 0 aromatic carbocycles. The van der Waals surface area contributed by atoms with Gasteiger partial charge in [0.1, 0.15) is 6.33 Å². The van der Waals surface area contributed by atoms with E-state index in [0.29, 0.717) is 17.7 Å². The summed E-state index contributed by atoms with van der Waals surface area (Å²) in [5.41, 5.74) is 0. The number of anilines is 1. The largest absolute Gasteiger partial charge is 0.467 e. The van der Waals surface area contributed by atoms with E-state index in [1.54, 1.807) is 14.0 Å². The minimum Gasteiger partial charge on any atom is -0.467 e. The number of thioether (sulfide) groups is 1. The quantitative estimate of drug-likeness (QED) is 0.557. The molecule has 0 unspecified atom stereocenters. The molecule has 0 radical (unpaired) electrons. The molecule has 0 aliphatic rings. The van der Waals surface area contributed by atoms with Gasteiger partial charge in [-0.3, -0.25) is 4.79 Å². The van der Waals surface area contributed by atoms with Crippen molar-refractivity contribution in [1.82, 2.24) is 29.7 Å². The SMILES string of the molecule is CCOC(=O)CSc1ncn(-c2nc(NC)nc(OC)n2)n1. The molecule has 0 fully saturated rings. The summed E-state index contributed by atoms with van der Waals surface area (Å²) in [4.78, 5) is 27.6. The first-order valence-electron chi connectivity index (χ1n) is 6.34. The van der Waals surface area contributed by atoms with E-state index in [-0.39, 0.29) is 23.7 Å². The van der Waals surface area contributed by atoms with Crippen LogP contribution in [0.25, 0.3) is 5.95 Å². The Kier molecular flexibility index (Phi) is 5.47. The standard InChI is InChI=1S/C11H15N7O3S/c1-4-21-7(19)5-22-11-13-6-18(17-11)9-14-8(12-2)15-10(16-9)20-3/h6H,4-5H2,1-3H3,(H,12,14,15,16). The van der Waals surface area contributed by atoms with Gasteiger partial charge in [0.05, 0.1) is 19.5 Å². The Morgan fingerprint density at radius 1 is 1.41 bits per heavy atom. The van der Waals surface area contributed by atoms with Gasteiger partial charge in [-0.05, 0) is 6.92 Å². The van der Waals surface area contributed by atoms with Crippen LogP contribution in [0.2, 0.25) is 0 Å². The highest BCUT2D eigenvalue weighted by Crippen LogP contribution is 2.14. The van der Waals surface area contributed by atoms with Gasteiger partial charge in [-0.2, -0.15) is 19.6 Å². The monoisotopic (exact) mass is 325 g/mol. The van der Waals surface area contributed by atoms with Gasteiger partial charge in [0.2, 0.25) is 11.1 Å². The summed E-state index contributed by atoms with van der Waals surface area (Å²) >= 11 is 1.17. The van der Waals surface area contributed by atoms with E-state index in [1.807, 2.05) is 0 Å². The summed E-state index contributed by atoms with van der Waals surface area (Å²) in [6.45, 7) is 2.10. The van der Waals surface area contributed by atoms with Gasteiger partial charge in [-0.25, -0.2) is 4.98 Å². The summed E-state index contributed by atoms with van der Waals surface area (Å²) in [6.07, 6.45) is 1.45. The van der Waals surface area contributed by atoms with Crippen molar-refractivity contribution in [3.63, 3.8) is 0 Å². The van der Waals surface area contributed by atoms with Crippen LogP contribution in [-0.2, 0) is 9.53 Å². The number of carbonyl (C=O) groups is 1. The third-order valence-electron chi connectivity index (χ3n) is 2.31. The number of hydrogen-bond acceptors (Lipinski definition) is 10. The topological polar surface area (TPSA) is 117 Å². The second kappa shape index (κ2) is 7.54. The average molecular weight is 325 g/mol. The summed E-state index contributed by atoms with van der Waals surface area (Å²) in [7, 11) is 3.14. The lowest BCUT2D eigenvalue weighted by Gasteiger charge is -2.04. The smallest absolute Gasteiger partial charge is 0.322 e. The molecule has 2 heterocycles. The molecule has 118 valence electrons. The maximum absolute atomic E-state index is 11.3. The number of carbonyl (C=O) groups excluding carboxylic acids is 1. The third kappa shape index (κ3) is 4.04. The summed E-state index contributed by atoms with van der Waals surface area (Å²) < 4.78 is 11.2. The molecule has 0 saturated heterocycles. The lowest BCUT2D eigenvalue weighted by atomic mass is 10.8. The van der Waals surface area contributed by atoms with Gasteiger partial charge in [0.15, 0.2) is 0 Å². The predicted molar refractivity (Wildman–Crippen MR) is 78.2 cm³/mol. The van der Waals surface area contributed by atoms with E-state index in [1.165, 1.54) is 29.9 Å². The molecule has 0 saturated carbocycles. The number of nitrogens with zero attached hydrogens (tertiary/aromatic N) is 6. The highest BCUT2D eigenvalue weighted by atomic mass is 32.2. The van der Waals surface area contributed by atoms with Crippen molar-refractivity contribution in [2.75, 3.05) is 31.8 Å². The highest BCUT2D eigenvalue weighted by Gasteiger charge is 2.12. The van der Waals surface area contributed by atoms with Gasteiger partial charge in [0.25, 0.3) is 5.95 Å². The van der Waals surface area contributed by atoms with E-state index >= 15 is 0 Å². The molecule has 0 atom stereocenters. The van der Waals surface area contributed by atoms with E-state index < -0.39 is 0 Å². The Balaban J connectivity index is 2.12. The minimum atomic E-state index is -0.317.